The average Bonchev–Trinajstić information content (AvgIpc) is 2.94. The van der Waals surface area contributed by atoms with Crippen LogP contribution in [0.4, 0.5) is 17.1 Å². The number of rotatable bonds is 9. The highest BCUT2D eigenvalue weighted by Gasteiger charge is 2.25. The van der Waals surface area contributed by atoms with Gasteiger partial charge in [-0.2, -0.15) is 0 Å². The Morgan fingerprint density at radius 2 is 1.38 bits per heavy atom. The first kappa shape index (κ1) is 28.7. The predicted octanol–water partition coefficient (Wildman–Crippen LogP) is 2.19. The van der Waals surface area contributed by atoms with Crippen LogP contribution in [0.5, 0.6) is 0 Å². The van der Waals surface area contributed by atoms with Crippen molar-refractivity contribution in [1.29, 1.82) is 0 Å². The van der Waals surface area contributed by atoms with Crippen molar-refractivity contribution in [3.05, 3.63) is 89.5 Å². The first-order valence-electron chi connectivity index (χ1n) is 12.1. The molecule has 3 aromatic carbocycles. The van der Waals surface area contributed by atoms with Gasteiger partial charge in [0, 0.05) is 47.8 Å². The number of nitrogens with zero attached hydrogens (tertiary/aromatic N) is 1. The normalized spacial score (nSPS) is 11.7. The van der Waals surface area contributed by atoms with Gasteiger partial charge in [-0.1, -0.05) is 11.8 Å². The number of nitrogens with one attached hydrogen (secondary N) is 4. The molecule has 3 rings (SSSR count). The number of carbonyl (C=O) groups is 3. The summed E-state index contributed by atoms with van der Waals surface area (Å²) in [5.74, 6) is 4.35. The van der Waals surface area contributed by atoms with Gasteiger partial charge in [0.05, 0.1) is 12.6 Å². The van der Waals surface area contributed by atoms with Crippen LogP contribution in [0.25, 0.3) is 0 Å². The molecule has 10 nitrogen and oxygen atoms in total. The van der Waals surface area contributed by atoms with Gasteiger partial charge in [0.2, 0.25) is 5.91 Å². The van der Waals surface area contributed by atoms with Crippen LogP contribution in [-0.2, 0) is 9.59 Å². The first-order chi connectivity index (χ1) is 18.7. The lowest BCUT2D eigenvalue weighted by molar-refractivity contribution is -0.133. The second-order valence-electron chi connectivity index (χ2n) is 8.92. The molecule has 2 atom stereocenters. The summed E-state index contributed by atoms with van der Waals surface area (Å²) < 4.78 is 0. The van der Waals surface area contributed by atoms with Gasteiger partial charge in [-0.05, 0) is 79.7 Å². The molecule has 0 aliphatic heterocycles. The van der Waals surface area contributed by atoms with E-state index in [1.807, 2.05) is 43.3 Å². The minimum absolute atomic E-state index is 0.130. The van der Waals surface area contributed by atoms with Crippen molar-refractivity contribution in [2.75, 3.05) is 36.2 Å². The van der Waals surface area contributed by atoms with Crippen LogP contribution >= 0.6 is 0 Å². The molecule has 0 unspecified atom stereocenters. The van der Waals surface area contributed by atoms with E-state index in [-0.39, 0.29) is 18.0 Å². The lowest BCUT2D eigenvalue weighted by Crippen LogP contribution is -2.51. The van der Waals surface area contributed by atoms with Crippen molar-refractivity contribution in [3.63, 3.8) is 0 Å². The van der Waals surface area contributed by atoms with Crippen molar-refractivity contribution in [1.82, 2.24) is 10.8 Å². The van der Waals surface area contributed by atoms with E-state index in [0.717, 1.165) is 16.9 Å². The summed E-state index contributed by atoms with van der Waals surface area (Å²) in [4.78, 5) is 38.3. The van der Waals surface area contributed by atoms with Gasteiger partial charge in [-0.3, -0.25) is 19.6 Å². The highest BCUT2D eigenvalue weighted by Crippen LogP contribution is 2.15. The van der Waals surface area contributed by atoms with E-state index >= 15 is 0 Å². The van der Waals surface area contributed by atoms with E-state index in [2.05, 4.69) is 27.8 Å². The molecule has 0 aliphatic rings. The van der Waals surface area contributed by atoms with Crippen LogP contribution in [0.2, 0.25) is 0 Å². The number of aliphatic hydroxyl groups is 1. The topological polar surface area (TPSA) is 143 Å². The summed E-state index contributed by atoms with van der Waals surface area (Å²) in [7, 11) is 3.93. The van der Waals surface area contributed by atoms with Gasteiger partial charge in [-0.25, -0.2) is 5.48 Å². The molecular formula is C29H31N5O5. The molecule has 3 aromatic rings. The van der Waals surface area contributed by atoms with Gasteiger partial charge < -0.3 is 26.0 Å². The third-order valence-corrected chi connectivity index (χ3v) is 5.67. The zero-order valence-electron chi connectivity index (χ0n) is 21.9. The Morgan fingerprint density at radius 3 is 1.90 bits per heavy atom. The van der Waals surface area contributed by atoms with E-state index < -0.39 is 24.0 Å². The maximum atomic E-state index is 12.4. The summed E-state index contributed by atoms with van der Waals surface area (Å²) in [5.41, 5.74) is 5.66. The number of anilines is 3. The first-order valence-corrected chi connectivity index (χ1v) is 12.1. The van der Waals surface area contributed by atoms with E-state index in [0.29, 0.717) is 11.3 Å². The van der Waals surface area contributed by atoms with Crippen molar-refractivity contribution in [2.45, 2.75) is 19.1 Å². The summed E-state index contributed by atoms with van der Waals surface area (Å²) in [5, 5.41) is 26.7. The predicted molar refractivity (Wildman–Crippen MR) is 150 cm³/mol. The minimum atomic E-state index is -1.30. The lowest BCUT2D eigenvalue weighted by Gasteiger charge is -2.19. The van der Waals surface area contributed by atoms with E-state index in [1.165, 1.54) is 12.4 Å². The molecule has 39 heavy (non-hydrogen) atoms. The van der Waals surface area contributed by atoms with E-state index in [1.54, 1.807) is 48.5 Å². The molecule has 0 bridgehead atoms. The van der Waals surface area contributed by atoms with Crippen molar-refractivity contribution < 1.29 is 24.7 Å². The lowest BCUT2D eigenvalue weighted by atomic mass is 10.1. The van der Waals surface area contributed by atoms with Crippen LogP contribution in [0.3, 0.4) is 0 Å². The summed E-state index contributed by atoms with van der Waals surface area (Å²) in [6.45, 7) is 1.45. The molecular weight excluding hydrogens is 498 g/mol. The Labute approximate surface area is 227 Å². The quantitative estimate of drug-likeness (QED) is 0.142. The fourth-order valence-electron chi connectivity index (χ4n) is 3.45. The van der Waals surface area contributed by atoms with Gasteiger partial charge in [0.15, 0.2) is 0 Å². The molecule has 0 radical (unpaired) electrons. The number of aliphatic hydroxyl groups excluding tert-OH is 1. The molecule has 3 amide bonds. The molecule has 0 aliphatic carbocycles. The molecule has 0 fully saturated rings. The van der Waals surface area contributed by atoms with Crippen LogP contribution in [0, 0.1) is 11.8 Å². The van der Waals surface area contributed by atoms with Gasteiger partial charge in [-0.15, -0.1) is 0 Å². The summed E-state index contributed by atoms with van der Waals surface area (Å²) in [6, 6.07) is 20.0. The number of hydroxylamine groups is 1. The Balaban J connectivity index is 1.52. The number of hydrogen-bond acceptors (Lipinski definition) is 7. The monoisotopic (exact) mass is 529 g/mol. The van der Waals surface area contributed by atoms with Crippen LogP contribution in [0.1, 0.15) is 28.4 Å². The third-order valence-electron chi connectivity index (χ3n) is 5.67. The fraction of sp³-hybridized carbons (Fsp3) is 0.207. The minimum Gasteiger partial charge on any atom is -0.391 e. The van der Waals surface area contributed by atoms with E-state index in [9.17, 15) is 19.5 Å². The highest BCUT2D eigenvalue weighted by molar-refractivity contribution is 5.97. The largest absolute Gasteiger partial charge is 0.391 e. The number of amides is 3. The third kappa shape index (κ3) is 8.60. The maximum absolute atomic E-state index is 12.4. The number of hydrogen-bond donors (Lipinski definition) is 6. The molecule has 0 saturated carbocycles. The number of benzene rings is 3. The molecule has 202 valence electrons. The smallest absolute Gasteiger partial charge is 0.268 e. The summed E-state index contributed by atoms with van der Waals surface area (Å²) in [6.07, 6.45) is -1.20. The second-order valence-corrected chi connectivity index (χ2v) is 8.92. The Hall–Kier alpha value is -4.85. The molecule has 0 aromatic heterocycles. The van der Waals surface area contributed by atoms with Gasteiger partial charge in [0.25, 0.3) is 11.8 Å². The molecule has 6 N–H and O–H groups in total. The molecule has 0 saturated heterocycles. The van der Waals surface area contributed by atoms with E-state index in [4.69, 9.17) is 5.21 Å². The van der Waals surface area contributed by atoms with Crippen molar-refractivity contribution in [2.24, 2.45) is 0 Å². The Bertz CT molecular complexity index is 1340. The maximum Gasteiger partial charge on any atom is 0.268 e. The highest BCUT2D eigenvalue weighted by atomic mass is 16.5. The zero-order chi connectivity index (χ0) is 28.4. The number of carbonyl (C=O) groups excluding carboxylic acids is 3. The van der Waals surface area contributed by atoms with Gasteiger partial charge >= 0.3 is 0 Å². The van der Waals surface area contributed by atoms with Crippen LogP contribution in [0.15, 0.2) is 72.8 Å². The molecule has 10 heteroatoms. The second kappa shape index (κ2) is 13.6. The summed E-state index contributed by atoms with van der Waals surface area (Å²) >= 11 is 0. The van der Waals surface area contributed by atoms with Crippen molar-refractivity contribution in [3.8, 4) is 11.8 Å². The fourth-order valence-corrected chi connectivity index (χ4v) is 3.45. The Morgan fingerprint density at radius 1 is 0.846 bits per heavy atom. The average molecular weight is 530 g/mol. The van der Waals surface area contributed by atoms with Gasteiger partial charge in [0.1, 0.15) is 6.04 Å². The standard InChI is InChI=1S/C29H31N5O5/c1-19(35)27(29(38)33-39)32-28(37)22-10-6-20(7-11-22)4-5-21-8-12-24(13-9-21)31-26(36)18-30-23-14-16-25(17-15-23)34(2)3/h6-17,19,27,30,35,39H,18H2,1-3H3,(H,31,36)(H,32,37)(H,33,38)/t19-,27+/m1/s1. The van der Waals surface area contributed by atoms with Crippen molar-refractivity contribution >= 4 is 34.8 Å². The molecule has 0 spiro atoms. The SMILES string of the molecule is C[C@@H](O)[C@H](NC(=O)c1ccc(C#Cc2ccc(NC(=O)CNc3ccc(N(C)C)cc3)cc2)cc1)C(=O)NO. The van der Waals surface area contributed by atoms with Crippen LogP contribution in [-0.4, -0.2) is 60.8 Å². The Kier molecular flexibility index (Phi) is 10.0. The molecule has 0 heterocycles. The van der Waals surface area contributed by atoms with Crippen LogP contribution < -0.4 is 26.3 Å². The zero-order valence-corrected chi connectivity index (χ0v) is 21.9.